The van der Waals surface area contributed by atoms with Gasteiger partial charge in [-0.05, 0) is 24.3 Å². The number of hydrogen-bond acceptors (Lipinski definition) is 4. The minimum absolute atomic E-state index is 0. The Balaban J connectivity index is 0.00000180. The van der Waals surface area contributed by atoms with Crippen molar-refractivity contribution in [2.75, 3.05) is 13.1 Å². The Morgan fingerprint density at radius 2 is 2.21 bits per heavy atom. The van der Waals surface area contributed by atoms with Crippen LogP contribution in [-0.2, 0) is 4.79 Å². The van der Waals surface area contributed by atoms with Gasteiger partial charge in [0, 0.05) is 32.0 Å². The van der Waals surface area contributed by atoms with E-state index in [0.717, 1.165) is 24.3 Å². The van der Waals surface area contributed by atoms with Crippen LogP contribution in [0.3, 0.4) is 0 Å². The predicted octanol–water partition coefficient (Wildman–Crippen LogP) is 2.08. The second kappa shape index (κ2) is 7.62. The predicted molar refractivity (Wildman–Crippen MR) is 78.9 cm³/mol. The molecule has 1 aromatic rings. The molecule has 1 unspecified atom stereocenters. The van der Waals surface area contributed by atoms with E-state index in [1.54, 1.807) is 11.0 Å². The number of rotatable bonds is 4. The van der Waals surface area contributed by atoms with Gasteiger partial charge in [-0.15, -0.1) is 23.7 Å². The van der Waals surface area contributed by atoms with Crippen LogP contribution in [0.4, 0.5) is 0 Å². The Morgan fingerprint density at radius 1 is 1.42 bits per heavy atom. The molecule has 1 atom stereocenters. The Kier molecular flexibility index (Phi) is 6.48. The van der Waals surface area contributed by atoms with Gasteiger partial charge in [0.1, 0.15) is 0 Å². The van der Waals surface area contributed by atoms with Gasteiger partial charge in [-0.2, -0.15) is 0 Å². The van der Waals surface area contributed by atoms with Crippen LogP contribution in [0, 0.1) is 0 Å². The first-order chi connectivity index (χ1) is 8.66. The number of nitrogens with zero attached hydrogens (tertiary/aromatic N) is 1. The molecule has 1 saturated heterocycles. The van der Waals surface area contributed by atoms with Crippen LogP contribution in [0.1, 0.15) is 35.4 Å². The summed E-state index contributed by atoms with van der Waals surface area (Å²) in [7, 11) is 0. The van der Waals surface area contributed by atoms with E-state index < -0.39 is 0 Å². The van der Waals surface area contributed by atoms with Crippen molar-refractivity contribution in [3.8, 4) is 0 Å². The van der Waals surface area contributed by atoms with Crippen molar-refractivity contribution in [1.29, 1.82) is 0 Å². The smallest absolute Gasteiger partial charge is 0.223 e. The summed E-state index contributed by atoms with van der Waals surface area (Å²) in [6.45, 7) is 1.41. The standard InChI is InChI=1S/C13H18N2O2S.ClH/c14-10-3-1-7-15(9-10)13(17)6-5-11(16)12-4-2-8-18-12;/h2,4,8,10H,1,3,5-7,9,14H2;1H. The number of halogens is 1. The van der Waals surface area contributed by atoms with Crippen molar-refractivity contribution in [1.82, 2.24) is 4.90 Å². The van der Waals surface area contributed by atoms with Crippen LogP contribution in [0.5, 0.6) is 0 Å². The molecule has 2 heterocycles. The molecule has 2 N–H and O–H groups in total. The Bertz CT molecular complexity index is 422. The van der Waals surface area contributed by atoms with Crippen LogP contribution < -0.4 is 5.73 Å². The Labute approximate surface area is 123 Å². The molecule has 2 rings (SSSR count). The lowest BCUT2D eigenvalue weighted by molar-refractivity contribution is -0.132. The summed E-state index contributed by atoms with van der Waals surface area (Å²) in [5.74, 6) is 0.106. The van der Waals surface area contributed by atoms with Crippen LogP contribution in [-0.4, -0.2) is 35.7 Å². The van der Waals surface area contributed by atoms with Crippen molar-refractivity contribution >= 4 is 35.4 Å². The summed E-state index contributed by atoms with van der Waals surface area (Å²) in [4.78, 5) is 26.2. The molecule has 0 aliphatic carbocycles. The molecule has 19 heavy (non-hydrogen) atoms. The molecular weight excluding hydrogens is 284 g/mol. The molecule has 4 nitrogen and oxygen atoms in total. The minimum atomic E-state index is 0. The zero-order valence-electron chi connectivity index (χ0n) is 10.7. The summed E-state index contributed by atoms with van der Waals surface area (Å²) < 4.78 is 0. The van der Waals surface area contributed by atoms with E-state index in [1.807, 2.05) is 11.4 Å². The zero-order chi connectivity index (χ0) is 13.0. The molecule has 0 radical (unpaired) electrons. The Morgan fingerprint density at radius 3 is 2.84 bits per heavy atom. The van der Waals surface area contributed by atoms with Crippen molar-refractivity contribution in [2.24, 2.45) is 5.73 Å². The fourth-order valence-corrected chi connectivity index (χ4v) is 2.87. The van der Waals surface area contributed by atoms with Gasteiger partial charge in [-0.25, -0.2) is 0 Å². The number of likely N-dealkylation sites (tertiary alicyclic amines) is 1. The van der Waals surface area contributed by atoms with E-state index in [0.29, 0.717) is 19.4 Å². The molecule has 0 bridgehead atoms. The molecule has 1 aliphatic rings. The highest BCUT2D eigenvalue weighted by atomic mass is 35.5. The first-order valence-corrected chi connectivity index (χ1v) is 7.15. The summed E-state index contributed by atoms with van der Waals surface area (Å²) in [5.41, 5.74) is 5.84. The average molecular weight is 303 g/mol. The highest BCUT2D eigenvalue weighted by Gasteiger charge is 2.21. The highest BCUT2D eigenvalue weighted by molar-refractivity contribution is 7.12. The van der Waals surface area contributed by atoms with E-state index in [4.69, 9.17) is 5.73 Å². The van der Waals surface area contributed by atoms with Gasteiger partial charge in [-0.1, -0.05) is 6.07 Å². The second-order valence-corrected chi connectivity index (χ2v) is 5.59. The highest BCUT2D eigenvalue weighted by Crippen LogP contribution is 2.14. The summed E-state index contributed by atoms with van der Waals surface area (Å²) in [5, 5.41) is 1.87. The van der Waals surface area contributed by atoms with Gasteiger partial charge in [0.2, 0.25) is 5.91 Å². The first kappa shape index (κ1) is 16.1. The van der Waals surface area contributed by atoms with Gasteiger partial charge in [0.05, 0.1) is 4.88 Å². The van der Waals surface area contributed by atoms with E-state index in [1.165, 1.54) is 11.3 Å². The molecule has 1 amide bonds. The molecule has 1 aliphatic heterocycles. The lowest BCUT2D eigenvalue weighted by atomic mass is 10.1. The number of nitrogens with two attached hydrogens (primary N) is 1. The minimum Gasteiger partial charge on any atom is -0.341 e. The third kappa shape index (κ3) is 4.60. The number of amides is 1. The third-order valence-corrected chi connectivity index (χ3v) is 4.08. The van der Waals surface area contributed by atoms with Crippen molar-refractivity contribution in [2.45, 2.75) is 31.7 Å². The van der Waals surface area contributed by atoms with Crippen LogP contribution in [0.25, 0.3) is 0 Å². The van der Waals surface area contributed by atoms with E-state index in [-0.39, 0.29) is 30.1 Å². The monoisotopic (exact) mass is 302 g/mol. The number of hydrogen-bond donors (Lipinski definition) is 1. The number of ketones is 1. The fraction of sp³-hybridized carbons (Fsp3) is 0.538. The fourth-order valence-electron chi connectivity index (χ4n) is 2.18. The van der Waals surface area contributed by atoms with Crippen LogP contribution in [0.15, 0.2) is 17.5 Å². The normalized spacial score (nSPS) is 18.8. The van der Waals surface area contributed by atoms with E-state index >= 15 is 0 Å². The van der Waals surface area contributed by atoms with Gasteiger partial charge in [-0.3, -0.25) is 9.59 Å². The molecule has 0 spiro atoms. The lowest BCUT2D eigenvalue weighted by Gasteiger charge is -2.30. The van der Waals surface area contributed by atoms with Crippen LogP contribution >= 0.6 is 23.7 Å². The van der Waals surface area contributed by atoms with E-state index in [2.05, 4.69) is 0 Å². The van der Waals surface area contributed by atoms with Crippen molar-refractivity contribution in [3.63, 3.8) is 0 Å². The first-order valence-electron chi connectivity index (χ1n) is 6.27. The SMILES string of the molecule is Cl.NC1CCCN(C(=O)CCC(=O)c2cccs2)C1. The van der Waals surface area contributed by atoms with Crippen molar-refractivity contribution < 1.29 is 9.59 Å². The molecule has 1 aromatic heterocycles. The quantitative estimate of drug-likeness (QED) is 0.866. The van der Waals surface area contributed by atoms with Crippen molar-refractivity contribution in [3.05, 3.63) is 22.4 Å². The third-order valence-electron chi connectivity index (χ3n) is 3.17. The number of piperidine rings is 1. The number of carbonyl (C=O) groups is 2. The van der Waals surface area contributed by atoms with Gasteiger partial charge >= 0.3 is 0 Å². The molecule has 1 fully saturated rings. The zero-order valence-corrected chi connectivity index (χ0v) is 12.3. The lowest BCUT2D eigenvalue weighted by Crippen LogP contribution is -2.45. The average Bonchev–Trinajstić information content (AvgIpc) is 2.89. The summed E-state index contributed by atoms with van der Waals surface area (Å²) in [6.07, 6.45) is 2.54. The number of carbonyl (C=O) groups excluding carboxylic acids is 2. The largest absolute Gasteiger partial charge is 0.341 e. The maximum absolute atomic E-state index is 11.9. The molecule has 0 saturated carbocycles. The molecule has 6 heteroatoms. The maximum Gasteiger partial charge on any atom is 0.223 e. The molecular formula is C13H19ClN2O2S. The molecule has 106 valence electrons. The van der Waals surface area contributed by atoms with Crippen LogP contribution in [0.2, 0.25) is 0 Å². The number of Topliss-reactive ketones (excluding diaryl/α,β-unsaturated/α-hetero) is 1. The van der Waals surface area contributed by atoms with Gasteiger partial charge < -0.3 is 10.6 Å². The maximum atomic E-state index is 11.9. The summed E-state index contributed by atoms with van der Waals surface area (Å²) in [6, 6.07) is 3.74. The molecule has 0 aromatic carbocycles. The topological polar surface area (TPSA) is 63.4 Å². The Hall–Kier alpha value is -0.910. The van der Waals surface area contributed by atoms with Gasteiger partial charge in [0.15, 0.2) is 5.78 Å². The number of thiophene rings is 1. The second-order valence-electron chi connectivity index (χ2n) is 4.64. The summed E-state index contributed by atoms with van der Waals surface area (Å²) >= 11 is 1.42. The van der Waals surface area contributed by atoms with E-state index in [9.17, 15) is 9.59 Å². The van der Waals surface area contributed by atoms with Gasteiger partial charge in [0.25, 0.3) is 0 Å².